The minimum atomic E-state index is -2.10. The molecule has 0 bridgehead atoms. The second-order valence-electron chi connectivity index (χ2n) is 26.5. The molecule has 0 aromatic rings. The molecule has 4 aliphatic rings. The maximum Gasteiger partial charge on any atom is 0.249 e. The van der Waals surface area contributed by atoms with Gasteiger partial charge in [-0.15, -0.1) is 0 Å². The van der Waals surface area contributed by atoms with E-state index in [1.807, 2.05) is 0 Å². The summed E-state index contributed by atoms with van der Waals surface area (Å²) >= 11 is 0. The number of carbonyl (C=O) groups excluding carboxylic acids is 2. The Labute approximate surface area is 540 Å². The summed E-state index contributed by atoms with van der Waals surface area (Å²) in [6.07, 6.45) is -7.31. The van der Waals surface area contributed by atoms with Crippen molar-refractivity contribution in [1.82, 2.24) is 10.6 Å². The molecular weight excluding hydrogens is 1190 g/mol. The largest absolute Gasteiger partial charge is 0.394 e. The monoisotopic (exact) mass is 1310 g/mol. The highest BCUT2D eigenvalue weighted by molar-refractivity contribution is 5.80. The SMILES string of the molecule is CCCCCCCCCCCCCCCCCCCC(O)C(=O)NC(COC1OC(CO)C(O)C(O)C1OC1OC(COC2OC(CO)C(O)C(OC3OC(C)C(O)C(O)C3O)C2NC(C)=O)C(O)C(O)C1O)C(O)C(O)CCCCCCCCCCCC(C)C. The molecule has 26 nitrogen and oxygen atoms in total. The van der Waals surface area contributed by atoms with Crippen LogP contribution in [0.5, 0.6) is 0 Å². The maximum absolute atomic E-state index is 13.7. The molecule has 0 aliphatic carbocycles. The standard InChI is InChI=1S/C65H122N2O24/c1-6-7-8-9-10-11-12-13-14-15-16-17-18-21-25-28-31-34-44(72)61(83)67-42(50(74)43(71)33-30-27-24-22-19-20-23-26-29-32-39(2)3)37-84-65-60(56(80)51(75)45(35-68)88-65)91-64-58(82)55(79)52(76)47(89-64)38-85-62-48(66-41(5)70)59(53(77)46(36-69)87-62)90-63-57(81)54(78)49(73)40(4)86-63/h39-40,42-60,62-65,68-69,71-82H,6-38H2,1-5H3,(H,66,70)(H,67,83). The minimum Gasteiger partial charge on any atom is -0.394 e. The normalized spacial score (nSPS) is 33.6. The Balaban J connectivity index is 1.42. The van der Waals surface area contributed by atoms with Crippen molar-refractivity contribution in [1.29, 1.82) is 0 Å². The van der Waals surface area contributed by atoms with E-state index in [4.69, 9.17) is 37.9 Å². The first-order valence-corrected chi connectivity index (χ1v) is 34.7. The highest BCUT2D eigenvalue weighted by atomic mass is 16.8. The van der Waals surface area contributed by atoms with Gasteiger partial charge in [0.25, 0.3) is 0 Å². The highest BCUT2D eigenvalue weighted by Gasteiger charge is 2.54. The van der Waals surface area contributed by atoms with Gasteiger partial charge in [-0.05, 0) is 25.7 Å². The van der Waals surface area contributed by atoms with E-state index >= 15 is 0 Å². The van der Waals surface area contributed by atoms with Crippen molar-refractivity contribution >= 4 is 11.8 Å². The van der Waals surface area contributed by atoms with E-state index < -0.39 is 185 Å². The van der Waals surface area contributed by atoms with Crippen molar-refractivity contribution in [3.63, 3.8) is 0 Å². The third-order valence-corrected chi connectivity index (χ3v) is 18.3. The van der Waals surface area contributed by atoms with Crippen molar-refractivity contribution in [2.24, 2.45) is 5.92 Å². The molecule has 24 atom stereocenters. The van der Waals surface area contributed by atoms with Gasteiger partial charge in [-0.3, -0.25) is 9.59 Å². The summed E-state index contributed by atoms with van der Waals surface area (Å²) in [5, 5.41) is 159. The van der Waals surface area contributed by atoms with Crippen LogP contribution in [0.2, 0.25) is 0 Å². The molecule has 4 fully saturated rings. The van der Waals surface area contributed by atoms with E-state index in [0.29, 0.717) is 18.8 Å². The van der Waals surface area contributed by atoms with Gasteiger partial charge in [-0.25, -0.2) is 0 Å². The predicted octanol–water partition coefficient (Wildman–Crippen LogP) is 2.00. The average molecular weight is 1320 g/mol. The summed E-state index contributed by atoms with van der Waals surface area (Å²) in [5.41, 5.74) is 0. The van der Waals surface area contributed by atoms with Crippen LogP contribution in [-0.2, 0) is 47.5 Å². The van der Waals surface area contributed by atoms with Crippen molar-refractivity contribution in [2.75, 3.05) is 26.4 Å². The van der Waals surface area contributed by atoms with Crippen LogP contribution in [0.15, 0.2) is 0 Å². The van der Waals surface area contributed by atoms with Crippen LogP contribution in [0.3, 0.4) is 0 Å². The van der Waals surface area contributed by atoms with Crippen LogP contribution in [0.4, 0.5) is 0 Å². The van der Waals surface area contributed by atoms with Crippen molar-refractivity contribution in [2.45, 2.75) is 368 Å². The molecule has 2 amide bonds. The van der Waals surface area contributed by atoms with Gasteiger partial charge in [0, 0.05) is 6.92 Å². The van der Waals surface area contributed by atoms with Gasteiger partial charge in [0.05, 0.1) is 44.7 Å². The highest BCUT2D eigenvalue weighted by Crippen LogP contribution is 2.34. The number of aliphatic hydroxyl groups is 14. The molecule has 536 valence electrons. The Kier molecular flexibility index (Phi) is 40.1. The minimum absolute atomic E-state index is 0.123. The van der Waals surface area contributed by atoms with Gasteiger partial charge < -0.3 is 120 Å². The third-order valence-electron chi connectivity index (χ3n) is 18.3. The number of ether oxygens (including phenoxy) is 8. The molecular formula is C65H122N2O24. The first-order valence-electron chi connectivity index (χ1n) is 34.7. The summed E-state index contributed by atoms with van der Waals surface area (Å²) in [6, 6.07) is -2.93. The van der Waals surface area contributed by atoms with Crippen LogP contribution in [0.1, 0.15) is 221 Å². The Morgan fingerprint density at radius 2 is 0.890 bits per heavy atom. The van der Waals surface area contributed by atoms with Crippen LogP contribution in [-0.4, -0.2) is 257 Å². The second-order valence-corrected chi connectivity index (χ2v) is 26.5. The maximum atomic E-state index is 13.7. The summed E-state index contributed by atoms with van der Waals surface area (Å²) in [5.74, 6) is -0.859. The molecule has 24 unspecified atom stereocenters. The molecule has 0 aromatic carbocycles. The Morgan fingerprint density at radius 1 is 0.462 bits per heavy atom. The van der Waals surface area contributed by atoms with Crippen molar-refractivity contribution in [3.8, 4) is 0 Å². The summed E-state index contributed by atoms with van der Waals surface area (Å²) < 4.78 is 47.1. The van der Waals surface area contributed by atoms with Gasteiger partial charge in [-0.2, -0.15) is 0 Å². The molecule has 0 saturated carbocycles. The summed E-state index contributed by atoms with van der Waals surface area (Å²) in [7, 11) is 0. The predicted molar refractivity (Wildman–Crippen MR) is 332 cm³/mol. The Hall–Kier alpha value is -1.94. The van der Waals surface area contributed by atoms with Crippen LogP contribution >= 0.6 is 0 Å². The first kappa shape index (κ1) is 81.5. The number of carbonyl (C=O) groups is 2. The fourth-order valence-corrected chi connectivity index (χ4v) is 12.4. The van der Waals surface area contributed by atoms with Crippen LogP contribution in [0, 0.1) is 5.92 Å². The van der Waals surface area contributed by atoms with E-state index in [1.54, 1.807) is 0 Å². The Bertz CT molecular complexity index is 1900. The smallest absolute Gasteiger partial charge is 0.249 e. The molecule has 4 aliphatic heterocycles. The van der Waals surface area contributed by atoms with Gasteiger partial charge in [0.15, 0.2) is 25.2 Å². The van der Waals surface area contributed by atoms with E-state index in [9.17, 15) is 81.1 Å². The number of rotatable bonds is 47. The lowest BCUT2D eigenvalue weighted by Crippen LogP contribution is -2.68. The topological polar surface area (TPSA) is 415 Å². The van der Waals surface area contributed by atoms with Gasteiger partial charge in [0.2, 0.25) is 11.8 Å². The Morgan fingerprint density at radius 3 is 1.40 bits per heavy atom. The number of unbranched alkanes of at least 4 members (excludes halogenated alkanes) is 24. The van der Waals surface area contributed by atoms with Gasteiger partial charge in [-0.1, -0.05) is 194 Å². The summed E-state index contributed by atoms with van der Waals surface area (Å²) in [4.78, 5) is 26.3. The number of hydrogen-bond donors (Lipinski definition) is 16. The molecule has 4 saturated heterocycles. The molecule has 26 heteroatoms. The number of hydrogen-bond acceptors (Lipinski definition) is 24. The fraction of sp³-hybridized carbons (Fsp3) is 0.969. The van der Waals surface area contributed by atoms with Gasteiger partial charge in [0.1, 0.15) is 104 Å². The average Bonchev–Trinajstić information content (AvgIpc) is 0.859. The quantitative estimate of drug-likeness (QED) is 0.0387. The molecule has 0 radical (unpaired) electrons. The summed E-state index contributed by atoms with van der Waals surface area (Å²) in [6.45, 7) is 6.03. The first-order chi connectivity index (χ1) is 43.6. The third kappa shape index (κ3) is 27.8. The van der Waals surface area contributed by atoms with E-state index in [-0.39, 0.29) is 12.8 Å². The lowest BCUT2D eigenvalue weighted by molar-refractivity contribution is -0.373. The zero-order valence-corrected chi connectivity index (χ0v) is 55.1. The van der Waals surface area contributed by atoms with Gasteiger partial charge >= 0.3 is 0 Å². The second kappa shape index (κ2) is 44.8. The number of amides is 2. The number of aliphatic hydroxyl groups excluding tert-OH is 14. The molecule has 91 heavy (non-hydrogen) atoms. The zero-order chi connectivity index (χ0) is 67.0. The fourth-order valence-electron chi connectivity index (χ4n) is 12.4. The van der Waals surface area contributed by atoms with E-state index in [1.165, 1.54) is 110 Å². The van der Waals surface area contributed by atoms with Crippen molar-refractivity contribution < 1.29 is 119 Å². The van der Waals surface area contributed by atoms with Crippen LogP contribution < -0.4 is 10.6 Å². The van der Waals surface area contributed by atoms with E-state index in [0.717, 1.165) is 64.7 Å². The lowest BCUT2D eigenvalue weighted by Gasteiger charge is -2.48. The molecule has 4 rings (SSSR count). The van der Waals surface area contributed by atoms with Crippen molar-refractivity contribution in [3.05, 3.63) is 0 Å². The molecule has 0 spiro atoms. The lowest BCUT2D eigenvalue weighted by atomic mass is 9.95. The van der Waals surface area contributed by atoms with Crippen LogP contribution in [0.25, 0.3) is 0 Å². The molecule has 16 N–H and O–H groups in total. The zero-order valence-electron chi connectivity index (χ0n) is 55.1. The molecule has 4 heterocycles. The molecule has 0 aromatic heterocycles. The number of nitrogens with one attached hydrogen (secondary N) is 2. The van der Waals surface area contributed by atoms with E-state index in [2.05, 4.69) is 31.4 Å².